The van der Waals surface area contributed by atoms with E-state index in [1.54, 1.807) is 55.1 Å². The second kappa shape index (κ2) is 16.6. The molecule has 0 aliphatic carbocycles. The summed E-state index contributed by atoms with van der Waals surface area (Å²) in [6.45, 7) is 6.02. The van der Waals surface area contributed by atoms with E-state index in [0.717, 1.165) is 40.6 Å². The van der Waals surface area contributed by atoms with E-state index in [9.17, 15) is 24.3 Å². The number of hydrogen-bond acceptors (Lipinski definition) is 7. The number of hydrazine groups is 1. The topological polar surface area (TPSA) is 125 Å². The van der Waals surface area contributed by atoms with Crippen molar-refractivity contribution in [3.63, 3.8) is 0 Å². The number of para-hydroxylation sites is 1. The van der Waals surface area contributed by atoms with Gasteiger partial charge in [-0.15, -0.1) is 6.58 Å². The summed E-state index contributed by atoms with van der Waals surface area (Å²) < 4.78 is 1.93. The van der Waals surface area contributed by atoms with Crippen LogP contribution in [-0.4, -0.2) is 129 Å². The van der Waals surface area contributed by atoms with Gasteiger partial charge in [-0.2, -0.15) is 0 Å². The first-order chi connectivity index (χ1) is 26.0. The third-order valence-electron chi connectivity index (χ3n) is 10.2. The first-order valence-electron chi connectivity index (χ1n) is 18.3. The highest BCUT2D eigenvalue weighted by Gasteiger charge is 2.51. The van der Waals surface area contributed by atoms with Gasteiger partial charge >= 0.3 is 6.03 Å². The van der Waals surface area contributed by atoms with Crippen LogP contribution in [0.1, 0.15) is 33.5 Å². The predicted octanol–water partition coefficient (Wildman–Crippen LogP) is 3.64. The number of benzene rings is 3. The molecule has 6 rings (SSSR count). The number of piperazine rings is 1. The Balaban J connectivity index is 1.35. The number of phenols is 1. The van der Waals surface area contributed by atoms with Gasteiger partial charge in [0.15, 0.2) is 0 Å². The molecule has 0 unspecified atom stereocenters. The Morgan fingerprint density at radius 2 is 1.70 bits per heavy atom. The van der Waals surface area contributed by atoms with Crippen LogP contribution in [0.15, 0.2) is 91.6 Å². The lowest BCUT2D eigenvalue weighted by Crippen LogP contribution is -2.76. The molecule has 13 nitrogen and oxygen atoms in total. The highest BCUT2D eigenvalue weighted by molar-refractivity contribution is 6.07. The van der Waals surface area contributed by atoms with Crippen LogP contribution in [0.25, 0.3) is 10.9 Å². The molecule has 0 radical (unpaired) electrons. The lowest BCUT2D eigenvalue weighted by molar-refractivity contribution is -0.189. The van der Waals surface area contributed by atoms with Crippen molar-refractivity contribution in [3.8, 4) is 5.75 Å². The van der Waals surface area contributed by atoms with E-state index < -0.39 is 18.2 Å². The van der Waals surface area contributed by atoms with Crippen molar-refractivity contribution in [2.24, 2.45) is 7.05 Å². The molecule has 284 valence electrons. The van der Waals surface area contributed by atoms with E-state index in [0.29, 0.717) is 12.1 Å². The molecule has 2 N–H and O–H groups in total. The molecule has 5 amide bonds. The summed E-state index contributed by atoms with van der Waals surface area (Å²) in [5, 5.41) is 17.0. The molecular formula is C41H50N8O5. The lowest BCUT2D eigenvalue weighted by Gasteiger charge is -2.55. The smallest absolute Gasteiger partial charge is 0.334 e. The average Bonchev–Trinajstić information content (AvgIpc) is 3.50. The molecule has 2 fully saturated rings. The number of amides is 5. The SMILES string of the molecule is C=CCN1CC(=O)N2[C@@H](Cc3ccc(O)cc3)C(=O)N(Cc3cccc4c(C(=O)N(C)CCCN(C)C)cn(C)c34)C[C@@H]2N1C(=O)NCc1ccccc1. The van der Waals surface area contributed by atoms with Crippen molar-refractivity contribution >= 4 is 34.7 Å². The highest BCUT2D eigenvalue weighted by atomic mass is 16.3. The zero-order valence-corrected chi connectivity index (χ0v) is 31.5. The van der Waals surface area contributed by atoms with Crippen LogP contribution in [-0.2, 0) is 36.1 Å². The molecule has 2 aliphatic heterocycles. The number of fused-ring (bicyclic) bond motifs is 2. The van der Waals surface area contributed by atoms with Gasteiger partial charge in [-0.3, -0.25) is 14.4 Å². The molecule has 0 bridgehead atoms. The van der Waals surface area contributed by atoms with Gasteiger partial charge < -0.3 is 34.6 Å². The van der Waals surface area contributed by atoms with Crippen LogP contribution < -0.4 is 5.32 Å². The number of phenolic OH excluding ortho intramolecular Hbond substituents is 1. The Kier molecular flexibility index (Phi) is 11.7. The predicted molar refractivity (Wildman–Crippen MR) is 207 cm³/mol. The second-order valence-electron chi connectivity index (χ2n) is 14.4. The molecule has 54 heavy (non-hydrogen) atoms. The summed E-state index contributed by atoms with van der Waals surface area (Å²) in [5.41, 5.74) is 3.93. The number of nitrogens with one attached hydrogen (secondary N) is 1. The molecule has 0 spiro atoms. The first-order valence-corrected chi connectivity index (χ1v) is 18.3. The Morgan fingerprint density at radius 3 is 2.41 bits per heavy atom. The van der Waals surface area contributed by atoms with Crippen molar-refractivity contribution < 1.29 is 24.3 Å². The third-order valence-corrected chi connectivity index (χ3v) is 10.2. The largest absolute Gasteiger partial charge is 0.508 e. The normalized spacial score (nSPS) is 17.6. The maximum absolute atomic E-state index is 14.6. The molecular weight excluding hydrogens is 685 g/mol. The maximum Gasteiger partial charge on any atom is 0.334 e. The van der Waals surface area contributed by atoms with Gasteiger partial charge in [0, 0.05) is 58.3 Å². The van der Waals surface area contributed by atoms with Crippen LogP contribution in [0.5, 0.6) is 5.75 Å². The maximum atomic E-state index is 14.6. The van der Waals surface area contributed by atoms with Gasteiger partial charge in [0.2, 0.25) is 11.8 Å². The van der Waals surface area contributed by atoms with E-state index in [1.807, 2.05) is 87.5 Å². The lowest BCUT2D eigenvalue weighted by atomic mass is 9.98. The average molecular weight is 735 g/mol. The first kappa shape index (κ1) is 38.1. The quantitative estimate of drug-likeness (QED) is 0.201. The highest BCUT2D eigenvalue weighted by Crippen LogP contribution is 2.32. The minimum absolute atomic E-state index is 0.0598. The molecule has 3 heterocycles. The molecule has 2 atom stereocenters. The van der Waals surface area contributed by atoms with Crippen molar-refractivity contribution in [2.45, 2.75) is 38.1 Å². The van der Waals surface area contributed by atoms with Crippen LogP contribution in [0.4, 0.5) is 4.79 Å². The molecule has 2 saturated heterocycles. The summed E-state index contributed by atoms with van der Waals surface area (Å²) in [4.78, 5) is 63.6. The number of aromatic nitrogens is 1. The zero-order valence-electron chi connectivity index (χ0n) is 31.5. The molecule has 2 aliphatic rings. The number of hydrogen-bond donors (Lipinski definition) is 2. The van der Waals surface area contributed by atoms with Crippen molar-refractivity contribution in [2.75, 3.05) is 53.9 Å². The van der Waals surface area contributed by atoms with Gasteiger partial charge in [0.05, 0.1) is 24.2 Å². The molecule has 4 aromatic rings. The summed E-state index contributed by atoms with van der Waals surface area (Å²) >= 11 is 0. The summed E-state index contributed by atoms with van der Waals surface area (Å²) in [6, 6.07) is 20.6. The summed E-state index contributed by atoms with van der Waals surface area (Å²) in [5.74, 6) is -0.502. The third kappa shape index (κ3) is 8.12. The Labute approximate surface area is 316 Å². The fraction of sp³-hybridized carbons (Fsp3) is 0.366. The molecule has 1 aromatic heterocycles. The molecule has 0 saturated carbocycles. The van der Waals surface area contributed by atoms with E-state index >= 15 is 0 Å². The monoisotopic (exact) mass is 734 g/mol. The number of nitrogens with zero attached hydrogens (tertiary/aromatic N) is 7. The molecule has 13 heteroatoms. The van der Waals surface area contributed by atoms with E-state index in [2.05, 4.69) is 16.8 Å². The Morgan fingerprint density at radius 1 is 0.963 bits per heavy atom. The number of urea groups is 1. The fourth-order valence-corrected chi connectivity index (χ4v) is 7.54. The van der Waals surface area contributed by atoms with Crippen molar-refractivity contribution in [3.05, 3.63) is 114 Å². The van der Waals surface area contributed by atoms with E-state index in [1.165, 1.54) is 0 Å². The minimum atomic E-state index is -0.920. The van der Waals surface area contributed by atoms with Gasteiger partial charge in [0.1, 0.15) is 18.0 Å². The molecule has 3 aromatic carbocycles. The zero-order chi connectivity index (χ0) is 38.5. The Hall–Kier alpha value is -5.66. The second-order valence-corrected chi connectivity index (χ2v) is 14.4. The Bertz CT molecular complexity index is 2000. The van der Waals surface area contributed by atoms with Gasteiger partial charge in [0.25, 0.3) is 5.91 Å². The van der Waals surface area contributed by atoms with Crippen LogP contribution in [0.2, 0.25) is 0 Å². The summed E-state index contributed by atoms with van der Waals surface area (Å²) in [6.07, 6.45) is 3.71. The van der Waals surface area contributed by atoms with E-state index in [-0.39, 0.29) is 62.6 Å². The van der Waals surface area contributed by atoms with Crippen LogP contribution in [0.3, 0.4) is 0 Å². The van der Waals surface area contributed by atoms with E-state index in [4.69, 9.17) is 0 Å². The van der Waals surface area contributed by atoms with Crippen molar-refractivity contribution in [1.82, 2.24) is 39.5 Å². The van der Waals surface area contributed by atoms with Gasteiger partial charge in [-0.05, 0) is 55.9 Å². The van der Waals surface area contributed by atoms with Crippen LogP contribution >= 0.6 is 0 Å². The number of aromatic hydroxyl groups is 1. The number of rotatable bonds is 13. The van der Waals surface area contributed by atoms with Crippen LogP contribution in [0, 0.1) is 0 Å². The summed E-state index contributed by atoms with van der Waals surface area (Å²) in [7, 11) is 7.73. The minimum Gasteiger partial charge on any atom is -0.508 e. The fourth-order valence-electron chi connectivity index (χ4n) is 7.54. The number of carbonyl (C=O) groups is 4. The number of carbonyl (C=O) groups excluding carboxylic acids is 4. The van der Waals surface area contributed by atoms with Gasteiger partial charge in [-0.1, -0.05) is 66.7 Å². The van der Waals surface area contributed by atoms with Gasteiger partial charge in [-0.25, -0.2) is 14.8 Å². The number of aryl methyl sites for hydroxylation is 1. The standard InChI is InChI=1S/C41H50N8O5/c1-6-20-47-28-37(51)48-35(23-29-16-18-32(50)19-17-29)40(53)46(27-36(48)49(47)41(54)42-24-30-12-8-7-9-13-30)25-31-14-10-15-33-34(26-45(5)38(31)33)39(52)44(4)22-11-21-43(2)3/h6-10,12-19,26,35-36,50H,1,11,20-25,27-28H2,2-5H3,(H,42,54)/t35-,36-/m0/s1. The van der Waals surface area contributed by atoms with Crippen molar-refractivity contribution in [1.29, 1.82) is 0 Å².